The molecule has 0 amide bonds. The molecule has 1 aliphatic carbocycles. The third-order valence-electron chi connectivity index (χ3n) is 4.60. The van der Waals surface area contributed by atoms with Gasteiger partial charge in [0.05, 0.1) is 12.2 Å². The van der Waals surface area contributed by atoms with Gasteiger partial charge in [-0.25, -0.2) is 0 Å². The van der Waals surface area contributed by atoms with E-state index in [1.54, 1.807) is 11.3 Å². The second-order valence-corrected chi connectivity index (χ2v) is 6.35. The van der Waals surface area contributed by atoms with Crippen LogP contribution >= 0.6 is 11.3 Å². The maximum absolute atomic E-state index is 10.1. The van der Waals surface area contributed by atoms with Gasteiger partial charge >= 0.3 is 0 Å². The van der Waals surface area contributed by atoms with Crippen LogP contribution in [0.5, 0.6) is 0 Å². The predicted octanol–water partition coefficient (Wildman–Crippen LogP) is 2.96. The number of aliphatic hydroxyl groups excluding tert-OH is 1. The van der Waals surface area contributed by atoms with Gasteiger partial charge in [0.25, 0.3) is 0 Å². The van der Waals surface area contributed by atoms with Crippen LogP contribution in [0.25, 0.3) is 0 Å². The van der Waals surface area contributed by atoms with Crippen molar-refractivity contribution in [2.75, 3.05) is 13.2 Å². The molecule has 0 aliphatic heterocycles. The van der Waals surface area contributed by atoms with Crippen LogP contribution in [0.3, 0.4) is 0 Å². The van der Waals surface area contributed by atoms with Crippen LogP contribution < -0.4 is 5.32 Å². The first-order valence-electron chi connectivity index (χ1n) is 7.17. The lowest BCUT2D eigenvalue weighted by atomic mass is 9.61. The molecule has 0 saturated heterocycles. The van der Waals surface area contributed by atoms with E-state index in [-0.39, 0.29) is 5.41 Å². The van der Waals surface area contributed by atoms with E-state index in [0.29, 0.717) is 18.7 Å². The molecule has 0 spiro atoms. The lowest BCUT2D eigenvalue weighted by Crippen LogP contribution is -2.62. The standard InChI is InChI=1S/C15H25NO2S/c1-4-15(3)13(8-14(15)18-5-2)16-9-12(17)11-6-7-19-10-11/h6-7,10,12-14,16-17H,4-5,8-9H2,1-3H3. The Morgan fingerprint density at radius 1 is 1.58 bits per heavy atom. The Labute approximate surface area is 120 Å². The molecule has 3 nitrogen and oxygen atoms in total. The molecule has 1 aromatic rings. The number of hydrogen-bond donors (Lipinski definition) is 2. The van der Waals surface area contributed by atoms with Gasteiger partial charge in [-0.1, -0.05) is 13.8 Å². The summed E-state index contributed by atoms with van der Waals surface area (Å²) in [6.45, 7) is 7.96. The van der Waals surface area contributed by atoms with Gasteiger partial charge in [-0.05, 0) is 42.2 Å². The fourth-order valence-corrected chi connectivity index (χ4v) is 3.61. The Bertz CT molecular complexity index is 382. The number of thiophene rings is 1. The molecule has 108 valence electrons. The third kappa shape index (κ3) is 3.02. The van der Waals surface area contributed by atoms with Gasteiger partial charge in [-0.2, -0.15) is 11.3 Å². The Hall–Kier alpha value is -0.420. The number of hydrogen-bond acceptors (Lipinski definition) is 4. The summed E-state index contributed by atoms with van der Waals surface area (Å²) < 4.78 is 5.79. The normalized spacial score (nSPS) is 32.0. The predicted molar refractivity (Wildman–Crippen MR) is 79.5 cm³/mol. The number of nitrogens with one attached hydrogen (secondary N) is 1. The summed E-state index contributed by atoms with van der Waals surface area (Å²) in [6.07, 6.45) is 2.11. The smallest absolute Gasteiger partial charge is 0.0922 e. The average molecular weight is 283 g/mol. The van der Waals surface area contributed by atoms with E-state index in [9.17, 15) is 5.11 Å². The van der Waals surface area contributed by atoms with Gasteiger partial charge in [-0.3, -0.25) is 0 Å². The quantitative estimate of drug-likeness (QED) is 0.808. The molecular weight excluding hydrogens is 258 g/mol. The fourth-order valence-electron chi connectivity index (χ4n) is 2.90. The van der Waals surface area contributed by atoms with Crippen molar-refractivity contribution in [3.63, 3.8) is 0 Å². The van der Waals surface area contributed by atoms with E-state index < -0.39 is 6.10 Å². The van der Waals surface area contributed by atoms with Crippen molar-refractivity contribution < 1.29 is 9.84 Å². The zero-order chi connectivity index (χ0) is 13.9. The minimum atomic E-state index is -0.404. The molecule has 2 N–H and O–H groups in total. The summed E-state index contributed by atoms with van der Waals surface area (Å²) in [4.78, 5) is 0. The highest BCUT2D eigenvalue weighted by Crippen LogP contribution is 2.45. The van der Waals surface area contributed by atoms with Crippen molar-refractivity contribution in [1.29, 1.82) is 0 Å². The largest absolute Gasteiger partial charge is 0.387 e. The average Bonchev–Trinajstić information content (AvgIpc) is 2.94. The molecule has 1 aliphatic rings. The Balaban J connectivity index is 1.84. The number of aliphatic hydroxyl groups is 1. The van der Waals surface area contributed by atoms with Crippen molar-refractivity contribution in [3.8, 4) is 0 Å². The van der Waals surface area contributed by atoms with Crippen LogP contribution in [0.1, 0.15) is 45.3 Å². The van der Waals surface area contributed by atoms with Crippen molar-refractivity contribution in [2.45, 2.75) is 51.9 Å². The van der Waals surface area contributed by atoms with E-state index in [2.05, 4.69) is 26.1 Å². The van der Waals surface area contributed by atoms with Gasteiger partial charge < -0.3 is 15.2 Å². The molecule has 2 rings (SSSR count). The molecule has 4 atom stereocenters. The van der Waals surface area contributed by atoms with E-state index in [0.717, 1.165) is 25.0 Å². The minimum absolute atomic E-state index is 0.199. The second-order valence-electron chi connectivity index (χ2n) is 5.57. The van der Waals surface area contributed by atoms with Gasteiger partial charge in [0.1, 0.15) is 0 Å². The highest BCUT2D eigenvalue weighted by atomic mass is 32.1. The number of ether oxygens (including phenoxy) is 1. The topological polar surface area (TPSA) is 41.5 Å². The molecule has 4 heteroatoms. The Morgan fingerprint density at radius 3 is 2.95 bits per heavy atom. The van der Waals surface area contributed by atoms with Gasteiger partial charge in [-0.15, -0.1) is 0 Å². The lowest BCUT2D eigenvalue weighted by molar-refractivity contribution is -0.127. The Morgan fingerprint density at radius 2 is 2.37 bits per heavy atom. The second kappa shape index (κ2) is 6.35. The van der Waals surface area contributed by atoms with Crippen LogP contribution in [-0.4, -0.2) is 30.4 Å². The van der Waals surface area contributed by atoms with E-state index >= 15 is 0 Å². The number of rotatable bonds is 7. The molecule has 19 heavy (non-hydrogen) atoms. The first kappa shape index (κ1) is 15.0. The van der Waals surface area contributed by atoms with E-state index in [1.807, 2.05) is 16.8 Å². The molecule has 0 bridgehead atoms. The van der Waals surface area contributed by atoms with Gasteiger partial charge in [0, 0.05) is 24.6 Å². The van der Waals surface area contributed by atoms with Crippen LogP contribution in [-0.2, 0) is 4.74 Å². The SMILES string of the molecule is CCOC1CC(NCC(O)c2ccsc2)C1(C)CC. The van der Waals surface area contributed by atoms with Gasteiger partial charge in [0.2, 0.25) is 0 Å². The Kier molecular flexibility index (Phi) is 5.01. The minimum Gasteiger partial charge on any atom is -0.387 e. The van der Waals surface area contributed by atoms with Crippen LogP contribution in [0.15, 0.2) is 16.8 Å². The summed E-state index contributed by atoms with van der Waals surface area (Å²) in [5.41, 5.74) is 1.21. The first-order chi connectivity index (χ1) is 9.11. The molecule has 1 heterocycles. The summed E-state index contributed by atoms with van der Waals surface area (Å²) in [5.74, 6) is 0. The first-order valence-corrected chi connectivity index (χ1v) is 8.11. The lowest BCUT2D eigenvalue weighted by Gasteiger charge is -2.54. The molecule has 0 radical (unpaired) electrons. The highest BCUT2D eigenvalue weighted by Gasteiger charge is 2.50. The van der Waals surface area contributed by atoms with Crippen molar-refractivity contribution in [3.05, 3.63) is 22.4 Å². The maximum atomic E-state index is 10.1. The molecule has 1 fully saturated rings. The van der Waals surface area contributed by atoms with Gasteiger partial charge in [0.15, 0.2) is 0 Å². The van der Waals surface area contributed by atoms with Crippen molar-refractivity contribution in [2.24, 2.45) is 5.41 Å². The monoisotopic (exact) mass is 283 g/mol. The van der Waals surface area contributed by atoms with Crippen molar-refractivity contribution >= 4 is 11.3 Å². The summed E-state index contributed by atoms with van der Waals surface area (Å²) >= 11 is 1.63. The highest BCUT2D eigenvalue weighted by molar-refractivity contribution is 7.07. The summed E-state index contributed by atoms with van der Waals surface area (Å²) in [5, 5.41) is 17.6. The molecule has 4 unspecified atom stereocenters. The molecule has 0 aromatic carbocycles. The zero-order valence-corrected chi connectivity index (χ0v) is 12.9. The fraction of sp³-hybridized carbons (Fsp3) is 0.733. The summed E-state index contributed by atoms with van der Waals surface area (Å²) in [7, 11) is 0. The van der Waals surface area contributed by atoms with E-state index in [4.69, 9.17) is 4.74 Å². The maximum Gasteiger partial charge on any atom is 0.0922 e. The molecular formula is C15H25NO2S. The summed E-state index contributed by atoms with van der Waals surface area (Å²) in [6, 6.07) is 2.43. The molecule has 1 aromatic heterocycles. The molecule has 1 saturated carbocycles. The van der Waals surface area contributed by atoms with Crippen LogP contribution in [0, 0.1) is 5.41 Å². The van der Waals surface area contributed by atoms with E-state index in [1.165, 1.54) is 0 Å². The third-order valence-corrected chi connectivity index (χ3v) is 5.30. The van der Waals surface area contributed by atoms with Crippen LogP contribution in [0.4, 0.5) is 0 Å². The zero-order valence-electron chi connectivity index (χ0n) is 12.1. The van der Waals surface area contributed by atoms with Crippen molar-refractivity contribution in [1.82, 2.24) is 5.32 Å². The van der Waals surface area contributed by atoms with Crippen LogP contribution in [0.2, 0.25) is 0 Å².